The van der Waals surface area contributed by atoms with E-state index in [1.165, 1.54) is 0 Å². The highest BCUT2D eigenvalue weighted by atomic mass is 35.5. The van der Waals surface area contributed by atoms with Crippen LogP contribution in [0.5, 0.6) is 0 Å². The first-order valence-electron chi connectivity index (χ1n) is 4.29. The standard InChI is InChI=1S/C9H12N2O3.ClH/c1-5-7(3-4-8(12)13)6(2)11-9(14)10-5;/h3-4H2,1-2H3,(H,12,13)(H,10,11,14);1H. The van der Waals surface area contributed by atoms with Crippen LogP contribution < -0.4 is 5.69 Å². The van der Waals surface area contributed by atoms with Gasteiger partial charge >= 0.3 is 11.7 Å². The van der Waals surface area contributed by atoms with Crippen molar-refractivity contribution in [3.63, 3.8) is 0 Å². The number of nitrogens with one attached hydrogen (secondary N) is 1. The summed E-state index contributed by atoms with van der Waals surface area (Å²) in [7, 11) is 0. The number of carboxylic acids is 1. The van der Waals surface area contributed by atoms with Crippen molar-refractivity contribution < 1.29 is 9.90 Å². The van der Waals surface area contributed by atoms with Gasteiger partial charge in [0.1, 0.15) is 0 Å². The van der Waals surface area contributed by atoms with E-state index < -0.39 is 5.97 Å². The van der Waals surface area contributed by atoms with Gasteiger partial charge in [-0.3, -0.25) is 4.79 Å². The molecule has 0 amide bonds. The fourth-order valence-corrected chi connectivity index (χ4v) is 1.36. The first kappa shape index (κ1) is 13.6. The molecule has 1 aromatic rings. The van der Waals surface area contributed by atoms with E-state index in [1.54, 1.807) is 13.8 Å². The van der Waals surface area contributed by atoms with Crippen molar-refractivity contribution in [2.75, 3.05) is 0 Å². The number of rotatable bonds is 3. The fourth-order valence-electron chi connectivity index (χ4n) is 1.36. The molecule has 0 aliphatic heterocycles. The first-order chi connectivity index (χ1) is 6.50. The molecular weight excluding hydrogens is 220 g/mol. The summed E-state index contributed by atoms with van der Waals surface area (Å²) in [6, 6.07) is 0. The van der Waals surface area contributed by atoms with Crippen molar-refractivity contribution in [1.29, 1.82) is 0 Å². The molecule has 1 aromatic heterocycles. The zero-order chi connectivity index (χ0) is 10.7. The van der Waals surface area contributed by atoms with Gasteiger partial charge in [-0.2, -0.15) is 4.98 Å². The molecule has 0 saturated carbocycles. The van der Waals surface area contributed by atoms with Crippen LogP contribution in [0, 0.1) is 13.8 Å². The number of halogens is 1. The maximum absolute atomic E-state index is 10.9. The molecule has 0 bridgehead atoms. The number of hydrogen-bond donors (Lipinski definition) is 2. The van der Waals surface area contributed by atoms with Gasteiger partial charge in [-0.1, -0.05) is 0 Å². The summed E-state index contributed by atoms with van der Waals surface area (Å²) < 4.78 is 0. The second-order valence-electron chi connectivity index (χ2n) is 3.12. The highest BCUT2D eigenvalue weighted by Gasteiger charge is 2.07. The Morgan fingerprint density at radius 1 is 1.47 bits per heavy atom. The fraction of sp³-hybridized carbons (Fsp3) is 0.444. The summed E-state index contributed by atoms with van der Waals surface area (Å²) in [5.74, 6) is -0.852. The predicted octanol–water partition coefficient (Wildman–Crippen LogP) is 0.826. The smallest absolute Gasteiger partial charge is 0.345 e. The van der Waals surface area contributed by atoms with Crippen LogP contribution in [0.2, 0.25) is 0 Å². The van der Waals surface area contributed by atoms with E-state index in [0.29, 0.717) is 17.8 Å². The molecule has 0 saturated heterocycles. The minimum Gasteiger partial charge on any atom is -0.481 e. The molecule has 0 aliphatic rings. The number of H-pyrrole nitrogens is 1. The SMILES string of the molecule is Cc1nc(=O)[nH]c(C)c1CCC(=O)O.Cl. The van der Waals surface area contributed by atoms with Gasteiger partial charge < -0.3 is 10.1 Å². The summed E-state index contributed by atoms with van der Waals surface area (Å²) in [5.41, 5.74) is 1.72. The van der Waals surface area contributed by atoms with Crippen LogP contribution in [0.1, 0.15) is 23.4 Å². The highest BCUT2D eigenvalue weighted by molar-refractivity contribution is 5.85. The molecule has 5 nitrogen and oxygen atoms in total. The van der Waals surface area contributed by atoms with Crippen molar-refractivity contribution in [3.05, 3.63) is 27.4 Å². The lowest BCUT2D eigenvalue weighted by Gasteiger charge is -2.05. The van der Waals surface area contributed by atoms with Gasteiger partial charge in [-0.15, -0.1) is 12.4 Å². The molecule has 1 rings (SSSR count). The van der Waals surface area contributed by atoms with Crippen LogP contribution in [-0.2, 0) is 11.2 Å². The number of hydrogen-bond acceptors (Lipinski definition) is 3. The number of aliphatic carboxylic acids is 1. The number of aryl methyl sites for hydroxylation is 2. The Kier molecular flexibility index (Phi) is 5.00. The molecule has 0 radical (unpaired) electrons. The lowest BCUT2D eigenvalue weighted by atomic mass is 10.1. The van der Waals surface area contributed by atoms with Gasteiger partial charge in [0.25, 0.3) is 0 Å². The van der Waals surface area contributed by atoms with E-state index in [4.69, 9.17) is 5.11 Å². The monoisotopic (exact) mass is 232 g/mol. The Morgan fingerprint density at radius 2 is 2.07 bits per heavy atom. The zero-order valence-electron chi connectivity index (χ0n) is 8.53. The third-order valence-corrected chi connectivity index (χ3v) is 2.04. The van der Waals surface area contributed by atoms with Crippen LogP contribution in [0.4, 0.5) is 0 Å². The molecular formula is C9H13ClN2O3. The number of aromatic amines is 1. The van der Waals surface area contributed by atoms with Crippen LogP contribution in [0.3, 0.4) is 0 Å². The molecule has 6 heteroatoms. The van der Waals surface area contributed by atoms with E-state index in [2.05, 4.69) is 9.97 Å². The third kappa shape index (κ3) is 3.71. The number of carbonyl (C=O) groups is 1. The van der Waals surface area contributed by atoms with E-state index in [-0.39, 0.29) is 24.5 Å². The van der Waals surface area contributed by atoms with Gasteiger partial charge in [0, 0.05) is 17.8 Å². The maximum atomic E-state index is 10.9. The average Bonchev–Trinajstić information content (AvgIpc) is 2.01. The Bertz CT molecular complexity index is 388. The zero-order valence-corrected chi connectivity index (χ0v) is 9.35. The second-order valence-corrected chi connectivity index (χ2v) is 3.12. The van der Waals surface area contributed by atoms with Crippen molar-refractivity contribution in [1.82, 2.24) is 9.97 Å². The van der Waals surface area contributed by atoms with Crippen molar-refractivity contribution in [2.24, 2.45) is 0 Å². The summed E-state index contributed by atoms with van der Waals surface area (Å²) in [5, 5.41) is 8.52. The summed E-state index contributed by atoms with van der Waals surface area (Å²) >= 11 is 0. The molecule has 0 aliphatic carbocycles. The molecule has 0 unspecified atom stereocenters. The highest BCUT2D eigenvalue weighted by Crippen LogP contribution is 2.09. The van der Waals surface area contributed by atoms with Gasteiger partial charge in [0.2, 0.25) is 0 Å². The average molecular weight is 233 g/mol. The summed E-state index contributed by atoms with van der Waals surface area (Å²) in [6.45, 7) is 3.45. The third-order valence-electron chi connectivity index (χ3n) is 2.04. The molecule has 84 valence electrons. The molecule has 0 aromatic carbocycles. The number of carboxylic acid groups (broad SMARTS) is 1. The predicted molar refractivity (Wildman–Crippen MR) is 57.5 cm³/mol. The first-order valence-corrected chi connectivity index (χ1v) is 4.29. The lowest BCUT2D eigenvalue weighted by molar-refractivity contribution is -0.136. The van der Waals surface area contributed by atoms with Gasteiger partial charge in [-0.25, -0.2) is 4.79 Å². The van der Waals surface area contributed by atoms with Crippen LogP contribution in [0.15, 0.2) is 4.79 Å². The number of aromatic nitrogens is 2. The maximum Gasteiger partial charge on any atom is 0.345 e. The van der Waals surface area contributed by atoms with Gasteiger partial charge in [-0.05, 0) is 25.8 Å². The van der Waals surface area contributed by atoms with Crippen LogP contribution >= 0.6 is 12.4 Å². The van der Waals surface area contributed by atoms with Crippen molar-refractivity contribution >= 4 is 18.4 Å². The van der Waals surface area contributed by atoms with Crippen LogP contribution in [-0.4, -0.2) is 21.0 Å². The van der Waals surface area contributed by atoms with Gasteiger partial charge in [0.15, 0.2) is 0 Å². The largest absolute Gasteiger partial charge is 0.481 e. The topological polar surface area (TPSA) is 83.0 Å². The molecule has 15 heavy (non-hydrogen) atoms. The van der Waals surface area contributed by atoms with Crippen molar-refractivity contribution in [3.8, 4) is 0 Å². The molecule has 0 spiro atoms. The van der Waals surface area contributed by atoms with E-state index in [9.17, 15) is 9.59 Å². The summed E-state index contributed by atoms with van der Waals surface area (Å²) in [4.78, 5) is 27.5. The minimum absolute atomic E-state index is 0. The van der Waals surface area contributed by atoms with Crippen LogP contribution in [0.25, 0.3) is 0 Å². The Morgan fingerprint density at radius 3 is 2.53 bits per heavy atom. The Labute approximate surface area is 93.0 Å². The molecule has 1 heterocycles. The second kappa shape index (κ2) is 5.50. The van der Waals surface area contributed by atoms with Crippen molar-refractivity contribution in [2.45, 2.75) is 26.7 Å². The van der Waals surface area contributed by atoms with Gasteiger partial charge in [0.05, 0.1) is 0 Å². The van der Waals surface area contributed by atoms with E-state index in [1.807, 2.05) is 0 Å². The number of nitrogens with zero attached hydrogens (tertiary/aromatic N) is 1. The molecule has 0 atom stereocenters. The Hall–Kier alpha value is -1.36. The lowest BCUT2D eigenvalue weighted by Crippen LogP contribution is -2.16. The molecule has 0 fully saturated rings. The minimum atomic E-state index is -0.852. The summed E-state index contributed by atoms with van der Waals surface area (Å²) in [6.07, 6.45) is 0.451. The Balaban J connectivity index is 0.00000196. The normalized spacial score (nSPS) is 9.47. The quantitative estimate of drug-likeness (QED) is 0.809. The van der Waals surface area contributed by atoms with E-state index in [0.717, 1.165) is 5.56 Å². The molecule has 2 N–H and O–H groups in total. The van der Waals surface area contributed by atoms with E-state index >= 15 is 0 Å².